The molecule has 0 aromatic heterocycles. The van der Waals surface area contributed by atoms with E-state index in [4.69, 9.17) is 14.6 Å². The molecule has 0 heterocycles. The minimum Gasteiger partial charge on any atom is -0.490 e. The molecule has 138 valence electrons. The first-order chi connectivity index (χ1) is 11.8. The third-order valence-electron chi connectivity index (χ3n) is 4.53. The maximum Gasteiger partial charge on any atom is 0.341 e. The number of rotatable bonds is 7. The van der Waals surface area contributed by atoms with Crippen molar-refractivity contribution in [1.29, 1.82) is 0 Å². The molecule has 2 N–H and O–H groups in total. The molecule has 0 radical (unpaired) electrons. The molecule has 0 bridgehead atoms. The smallest absolute Gasteiger partial charge is 0.341 e. The summed E-state index contributed by atoms with van der Waals surface area (Å²) in [7, 11) is 0. The fourth-order valence-corrected chi connectivity index (χ4v) is 2.99. The van der Waals surface area contributed by atoms with Crippen molar-refractivity contribution in [1.82, 2.24) is 5.32 Å². The van der Waals surface area contributed by atoms with E-state index in [0.717, 1.165) is 25.7 Å². The Bertz CT molecular complexity index is 616. The number of benzene rings is 1. The Kier molecular flexibility index (Phi) is 6.28. The molecule has 1 fully saturated rings. The van der Waals surface area contributed by atoms with Crippen molar-refractivity contribution in [2.75, 3.05) is 13.2 Å². The van der Waals surface area contributed by atoms with Gasteiger partial charge in [0.2, 0.25) is 0 Å². The van der Waals surface area contributed by atoms with Gasteiger partial charge in [0.25, 0.3) is 5.91 Å². The molecule has 25 heavy (non-hydrogen) atoms. The minimum atomic E-state index is -1.07. The molecular weight excluding hydrogens is 322 g/mol. The van der Waals surface area contributed by atoms with E-state index in [1.807, 2.05) is 6.92 Å². The molecule has 1 aliphatic carbocycles. The number of hydrogen-bond donors (Lipinski definition) is 2. The molecule has 2 rings (SSSR count). The van der Waals surface area contributed by atoms with Crippen LogP contribution in [0.4, 0.5) is 0 Å². The van der Waals surface area contributed by atoms with Gasteiger partial charge in [-0.05, 0) is 56.2 Å². The molecular formula is C19H27NO5. The number of hydrogen-bond acceptors (Lipinski definition) is 4. The van der Waals surface area contributed by atoms with Gasteiger partial charge in [0, 0.05) is 11.6 Å². The first-order valence-corrected chi connectivity index (χ1v) is 8.73. The number of carbonyl (C=O) groups excluding carboxylic acids is 1. The Labute approximate surface area is 148 Å². The summed E-state index contributed by atoms with van der Waals surface area (Å²) in [5.74, 6) is -0.513. The summed E-state index contributed by atoms with van der Waals surface area (Å²) in [4.78, 5) is 23.2. The molecule has 0 atom stereocenters. The molecule has 1 aromatic carbocycles. The van der Waals surface area contributed by atoms with Crippen LogP contribution in [0, 0.1) is 5.41 Å². The molecule has 0 spiro atoms. The highest BCUT2D eigenvalue weighted by Crippen LogP contribution is 2.35. The highest BCUT2D eigenvalue weighted by Gasteiger charge is 2.27. The lowest BCUT2D eigenvalue weighted by molar-refractivity contribution is -0.139. The number of nitrogens with one attached hydrogen (secondary N) is 1. The number of carbonyl (C=O) groups is 2. The van der Waals surface area contributed by atoms with Crippen LogP contribution < -0.4 is 14.8 Å². The van der Waals surface area contributed by atoms with Crippen LogP contribution in [0.1, 0.15) is 56.8 Å². The Morgan fingerprint density at radius 1 is 1.20 bits per heavy atom. The maximum absolute atomic E-state index is 12.5. The van der Waals surface area contributed by atoms with E-state index in [2.05, 4.69) is 19.2 Å². The zero-order chi connectivity index (χ0) is 18.4. The van der Waals surface area contributed by atoms with Crippen LogP contribution in [0.5, 0.6) is 11.5 Å². The lowest BCUT2D eigenvalue weighted by Crippen LogP contribution is -2.39. The predicted octanol–water partition coefficient (Wildman–Crippen LogP) is 3.25. The third kappa shape index (κ3) is 5.66. The second-order valence-corrected chi connectivity index (χ2v) is 7.19. The van der Waals surface area contributed by atoms with Gasteiger partial charge in [-0.3, -0.25) is 4.79 Å². The van der Waals surface area contributed by atoms with Crippen LogP contribution in [-0.2, 0) is 4.79 Å². The van der Waals surface area contributed by atoms with Gasteiger partial charge in [0.1, 0.15) is 0 Å². The molecule has 6 heteroatoms. The van der Waals surface area contributed by atoms with Crippen LogP contribution in [0.15, 0.2) is 18.2 Å². The quantitative estimate of drug-likeness (QED) is 0.789. The van der Waals surface area contributed by atoms with Gasteiger partial charge in [0.05, 0.1) is 6.61 Å². The SMILES string of the molecule is CCOc1cc(C(=O)NC2CCC(C)(C)CC2)ccc1OCC(=O)O. The van der Waals surface area contributed by atoms with Crippen molar-refractivity contribution in [2.24, 2.45) is 5.41 Å². The average molecular weight is 349 g/mol. The second kappa shape index (κ2) is 8.23. The Hall–Kier alpha value is -2.24. The van der Waals surface area contributed by atoms with Crippen molar-refractivity contribution in [3.05, 3.63) is 23.8 Å². The van der Waals surface area contributed by atoms with E-state index >= 15 is 0 Å². The molecule has 1 amide bonds. The Morgan fingerprint density at radius 2 is 1.88 bits per heavy atom. The summed E-state index contributed by atoms with van der Waals surface area (Å²) < 4.78 is 10.7. The van der Waals surface area contributed by atoms with Gasteiger partial charge in [-0.1, -0.05) is 13.8 Å². The van der Waals surface area contributed by atoms with E-state index in [1.165, 1.54) is 0 Å². The first-order valence-electron chi connectivity index (χ1n) is 8.73. The van der Waals surface area contributed by atoms with Gasteiger partial charge in [-0.15, -0.1) is 0 Å². The zero-order valence-corrected chi connectivity index (χ0v) is 15.1. The molecule has 6 nitrogen and oxygen atoms in total. The molecule has 0 unspecified atom stereocenters. The number of carboxylic acid groups (broad SMARTS) is 1. The Morgan fingerprint density at radius 3 is 2.48 bits per heavy atom. The fourth-order valence-electron chi connectivity index (χ4n) is 2.99. The Balaban J connectivity index is 2.04. The highest BCUT2D eigenvalue weighted by atomic mass is 16.5. The van der Waals surface area contributed by atoms with E-state index in [-0.39, 0.29) is 11.9 Å². The predicted molar refractivity (Wildman–Crippen MR) is 94.2 cm³/mol. The monoisotopic (exact) mass is 349 g/mol. The van der Waals surface area contributed by atoms with Crippen molar-refractivity contribution >= 4 is 11.9 Å². The molecule has 1 saturated carbocycles. The van der Waals surface area contributed by atoms with Gasteiger partial charge >= 0.3 is 5.97 Å². The second-order valence-electron chi connectivity index (χ2n) is 7.19. The summed E-state index contributed by atoms with van der Waals surface area (Å²) in [6.07, 6.45) is 4.17. The largest absolute Gasteiger partial charge is 0.490 e. The molecule has 1 aromatic rings. The maximum atomic E-state index is 12.5. The van der Waals surface area contributed by atoms with E-state index in [0.29, 0.717) is 29.1 Å². The van der Waals surface area contributed by atoms with Gasteiger partial charge in [-0.2, -0.15) is 0 Å². The number of carboxylic acids is 1. The first kappa shape index (κ1) is 19.1. The van der Waals surface area contributed by atoms with Crippen molar-refractivity contribution in [3.63, 3.8) is 0 Å². The zero-order valence-electron chi connectivity index (χ0n) is 15.1. The van der Waals surface area contributed by atoms with Crippen LogP contribution in [0.25, 0.3) is 0 Å². The summed E-state index contributed by atoms with van der Waals surface area (Å²) in [5, 5.41) is 11.8. The lowest BCUT2D eigenvalue weighted by atomic mass is 9.75. The highest BCUT2D eigenvalue weighted by molar-refractivity contribution is 5.95. The third-order valence-corrected chi connectivity index (χ3v) is 4.53. The fraction of sp³-hybridized carbons (Fsp3) is 0.579. The van der Waals surface area contributed by atoms with Gasteiger partial charge < -0.3 is 19.9 Å². The lowest BCUT2D eigenvalue weighted by Gasteiger charge is -2.34. The van der Waals surface area contributed by atoms with Crippen LogP contribution in [-0.4, -0.2) is 36.2 Å². The molecule has 1 aliphatic rings. The summed E-state index contributed by atoms with van der Waals surface area (Å²) >= 11 is 0. The van der Waals surface area contributed by atoms with Crippen molar-refractivity contribution in [2.45, 2.75) is 52.5 Å². The van der Waals surface area contributed by atoms with Crippen LogP contribution in [0.3, 0.4) is 0 Å². The minimum absolute atomic E-state index is 0.143. The summed E-state index contributed by atoms with van der Waals surface area (Å²) in [6.45, 7) is 6.28. The number of amides is 1. The van der Waals surface area contributed by atoms with E-state index in [9.17, 15) is 9.59 Å². The summed E-state index contributed by atoms with van der Waals surface area (Å²) in [5.41, 5.74) is 0.836. The standard InChI is InChI=1S/C19H27NO5/c1-4-24-16-11-13(5-6-15(16)25-12-17(21)22)18(23)20-14-7-9-19(2,3)10-8-14/h5-6,11,14H,4,7-10,12H2,1-3H3,(H,20,23)(H,21,22). The number of aliphatic carboxylic acids is 1. The van der Waals surface area contributed by atoms with Gasteiger partial charge in [0.15, 0.2) is 18.1 Å². The van der Waals surface area contributed by atoms with Crippen molar-refractivity contribution < 1.29 is 24.2 Å². The normalized spacial score (nSPS) is 16.9. The van der Waals surface area contributed by atoms with Crippen LogP contribution >= 0.6 is 0 Å². The topological polar surface area (TPSA) is 84.9 Å². The van der Waals surface area contributed by atoms with Crippen LogP contribution in [0.2, 0.25) is 0 Å². The molecule has 0 aliphatic heterocycles. The van der Waals surface area contributed by atoms with Crippen molar-refractivity contribution in [3.8, 4) is 11.5 Å². The van der Waals surface area contributed by atoms with E-state index < -0.39 is 12.6 Å². The van der Waals surface area contributed by atoms with Gasteiger partial charge in [-0.25, -0.2) is 4.79 Å². The molecule has 0 saturated heterocycles. The summed E-state index contributed by atoms with van der Waals surface area (Å²) in [6, 6.07) is 5.00. The number of ether oxygens (including phenoxy) is 2. The van der Waals surface area contributed by atoms with E-state index in [1.54, 1.807) is 18.2 Å². The average Bonchev–Trinajstić information content (AvgIpc) is 2.55.